The Balaban J connectivity index is 2.42. The van der Waals surface area contributed by atoms with E-state index in [9.17, 15) is 0 Å². The lowest BCUT2D eigenvalue weighted by atomic mass is 10.0. The first-order valence-electron chi connectivity index (χ1n) is 6.03. The van der Waals surface area contributed by atoms with Crippen LogP contribution in [-0.4, -0.2) is 14.8 Å². The molecule has 90 valence electrons. The first-order valence-corrected chi connectivity index (χ1v) is 6.03. The highest BCUT2D eigenvalue weighted by Gasteiger charge is 2.13. The van der Waals surface area contributed by atoms with E-state index in [1.165, 1.54) is 11.1 Å². The Hall–Kier alpha value is -2.16. The molecule has 3 aromatic rings. The van der Waals surface area contributed by atoms with Crippen molar-refractivity contribution in [2.24, 2.45) is 7.05 Å². The molecule has 2 heterocycles. The molecule has 0 aliphatic heterocycles. The van der Waals surface area contributed by atoms with E-state index < -0.39 is 0 Å². The van der Waals surface area contributed by atoms with Crippen LogP contribution in [0.3, 0.4) is 0 Å². The molecule has 0 N–H and O–H groups in total. The number of nitrogens with zero attached hydrogens (tertiary/aromatic N) is 3. The number of hydrogen-bond donors (Lipinski definition) is 0. The van der Waals surface area contributed by atoms with Crippen molar-refractivity contribution in [3.05, 3.63) is 47.8 Å². The first kappa shape index (κ1) is 11.0. The molecule has 2 aromatic heterocycles. The van der Waals surface area contributed by atoms with Gasteiger partial charge in [0.2, 0.25) is 0 Å². The van der Waals surface area contributed by atoms with Gasteiger partial charge >= 0.3 is 0 Å². The summed E-state index contributed by atoms with van der Waals surface area (Å²) in [5, 5.41) is 5.62. The number of aryl methyl sites for hydroxylation is 3. The van der Waals surface area contributed by atoms with Crippen LogP contribution in [0.5, 0.6) is 0 Å². The van der Waals surface area contributed by atoms with Crippen LogP contribution in [0.25, 0.3) is 22.2 Å². The Kier molecular flexibility index (Phi) is 2.40. The summed E-state index contributed by atoms with van der Waals surface area (Å²) in [6.07, 6.45) is 0. The van der Waals surface area contributed by atoms with Gasteiger partial charge in [-0.05, 0) is 31.0 Å². The van der Waals surface area contributed by atoms with Gasteiger partial charge in [-0.25, -0.2) is 4.98 Å². The molecule has 0 atom stereocenters. The van der Waals surface area contributed by atoms with Gasteiger partial charge in [0.25, 0.3) is 0 Å². The van der Waals surface area contributed by atoms with Gasteiger partial charge in [0, 0.05) is 18.1 Å². The molecule has 0 aliphatic rings. The molecule has 0 bridgehead atoms. The summed E-state index contributed by atoms with van der Waals surface area (Å²) in [5.74, 6) is 0. The summed E-state index contributed by atoms with van der Waals surface area (Å²) in [5.41, 5.74) is 5.42. The minimum Gasteiger partial charge on any atom is -0.250 e. The molecule has 0 saturated heterocycles. The van der Waals surface area contributed by atoms with E-state index in [-0.39, 0.29) is 0 Å². The lowest BCUT2D eigenvalue weighted by molar-refractivity contribution is 0.772. The molecule has 0 amide bonds. The summed E-state index contributed by atoms with van der Waals surface area (Å²) in [6, 6.07) is 12.5. The molecule has 0 unspecified atom stereocenters. The van der Waals surface area contributed by atoms with Crippen molar-refractivity contribution in [1.29, 1.82) is 0 Å². The lowest BCUT2D eigenvalue weighted by Gasteiger charge is -2.05. The molecule has 0 saturated carbocycles. The molecule has 0 spiro atoms. The van der Waals surface area contributed by atoms with E-state index >= 15 is 0 Å². The SMILES string of the molecule is Cc1cc(-c2ccccc2)c2c(C)nn(C)c2n1. The standard InChI is InChI=1S/C15H15N3/c1-10-9-13(12-7-5-4-6-8-12)14-11(2)17-18(3)15(14)16-10/h4-9H,1-3H3. The summed E-state index contributed by atoms with van der Waals surface area (Å²) in [7, 11) is 1.94. The van der Waals surface area contributed by atoms with Crippen LogP contribution in [0.2, 0.25) is 0 Å². The Morgan fingerprint density at radius 2 is 1.78 bits per heavy atom. The average Bonchev–Trinajstić information content (AvgIpc) is 2.65. The quantitative estimate of drug-likeness (QED) is 0.650. The third kappa shape index (κ3) is 1.59. The van der Waals surface area contributed by atoms with Crippen LogP contribution >= 0.6 is 0 Å². The molecule has 0 aliphatic carbocycles. The number of aromatic nitrogens is 3. The second kappa shape index (κ2) is 3.95. The van der Waals surface area contributed by atoms with Gasteiger partial charge in [0.05, 0.1) is 5.69 Å². The predicted molar refractivity (Wildman–Crippen MR) is 73.4 cm³/mol. The first-order chi connectivity index (χ1) is 8.66. The smallest absolute Gasteiger partial charge is 0.158 e. The maximum atomic E-state index is 4.58. The van der Waals surface area contributed by atoms with Crippen molar-refractivity contribution in [3.63, 3.8) is 0 Å². The van der Waals surface area contributed by atoms with Crippen LogP contribution in [0.15, 0.2) is 36.4 Å². The van der Waals surface area contributed by atoms with Crippen molar-refractivity contribution in [2.75, 3.05) is 0 Å². The molecule has 1 aromatic carbocycles. The van der Waals surface area contributed by atoms with Crippen molar-refractivity contribution < 1.29 is 0 Å². The van der Waals surface area contributed by atoms with E-state index in [1.54, 1.807) is 0 Å². The second-order valence-electron chi connectivity index (χ2n) is 4.58. The molecular weight excluding hydrogens is 222 g/mol. The fourth-order valence-corrected chi connectivity index (χ4v) is 2.42. The summed E-state index contributed by atoms with van der Waals surface area (Å²) in [4.78, 5) is 4.58. The number of pyridine rings is 1. The molecule has 3 nitrogen and oxygen atoms in total. The van der Waals surface area contributed by atoms with E-state index in [0.29, 0.717) is 0 Å². The highest BCUT2D eigenvalue weighted by molar-refractivity contribution is 5.95. The average molecular weight is 237 g/mol. The van der Waals surface area contributed by atoms with Crippen molar-refractivity contribution in [2.45, 2.75) is 13.8 Å². The summed E-state index contributed by atoms with van der Waals surface area (Å²) in [6.45, 7) is 4.06. The maximum Gasteiger partial charge on any atom is 0.158 e. The third-order valence-electron chi connectivity index (χ3n) is 3.18. The minimum absolute atomic E-state index is 0.950. The molecular formula is C15H15N3. The Labute approximate surface area is 106 Å². The largest absolute Gasteiger partial charge is 0.250 e. The maximum absolute atomic E-state index is 4.58. The van der Waals surface area contributed by atoms with Crippen LogP contribution in [0, 0.1) is 13.8 Å². The van der Waals surface area contributed by atoms with Crippen LogP contribution in [-0.2, 0) is 7.05 Å². The van der Waals surface area contributed by atoms with Gasteiger partial charge in [0.1, 0.15) is 0 Å². The van der Waals surface area contributed by atoms with Crippen LogP contribution in [0.1, 0.15) is 11.4 Å². The monoisotopic (exact) mass is 237 g/mol. The van der Waals surface area contributed by atoms with Gasteiger partial charge in [-0.15, -0.1) is 0 Å². The third-order valence-corrected chi connectivity index (χ3v) is 3.18. The second-order valence-corrected chi connectivity index (χ2v) is 4.58. The van der Waals surface area contributed by atoms with Crippen molar-refractivity contribution >= 4 is 11.0 Å². The Morgan fingerprint density at radius 3 is 2.50 bits per heavy atom. The number of hydrogen-bond acceptors (Lipinski definition) is 2. The molecule has 0 fully saturated rings. The Bertz CT molecular complexity index is 711. The van der Waals surface area contributed by atoms with Gasteiger partial charge in [-0.1, -0.05) is 30.3 Å². The van der Waals surface area contributed by atoms with Gasteiger partial charge in [0.15, 0.2) is 5.65 Å². The zero-order valence-corrected chi connectivity index (χ0v) is 10.8. The van der Waals surface area contributed by atoms with Crippen molar-refractivity contribution in [1.82, 2.24) is 14.8 Å². The number of fused-ring (bicyclic) bond motifs is 1. The van der Waals surface area contributed by atoms with E-state index in [2.05, 4.69) is 40.4 Å². The minimum atomic E-state index is 0.950. The van der Waals surface area contributed by atoms with Crippen LogP contribution < -0.4 is 0 Å². The van der Waals surface area contributed by atoms with Gasteiger partial charge in [-0.3, -0.25) is 4.68 Å². The fraction of sp³-hybridized carbons (Fsp3) is 0.200. The number of rotatable bonds is 1. The molecule has 3 rings (SSSR count). The number of benzene rings is 1. The van der Waals surface area contributed by atoms with Crippen molar-refractivity contribution in [3.8, 4) is 11.1 Å². The van der Waals surface area contributed by atoms with E-state index in [0.717, 1.165) is 22.4 Å². The van der Waals surface area contributed by atoms with E-state index in [1.807, 2.05) is 31.6 Å². The lowest BCUT2D eigenvalue weighted by Crippen LogP contribution is -1.94. The van der Waals surface area contributed by atoms with Crippen LogP contribution in [0.4, 0.5) is 0 Å². The zero-order chi connectivity index (χ0) is 12.7. The zero-order valence-electron chi connectivity index (χ0n) is 10.8. The highest BCUT2D eigenvalue weighted by atomic mass is 15.3. The summed E-state index contributed by atoms with van der Waals surface area (Å²) >= 11 is 0. The molecule has 0 radical (unpaired) electrons. The molecule has 3 heteroatoms. The van der Waals surface area contributed by atoms with Gasteiger partial charge in [-0.2, -0.15) is 5.10 Å². The summed E-state index contributed by atoms with van der Waals surface area (Å²) < 4.78 is 1.85. The highest BCUT2D eigenvalue weighted by Crippen LogP contribution is 2.30. The molecule has 18 heavy (non-hydrogen) atoms. The van der Waals surface area contributed by atoms with E-state index in [4.69, 9.17) is 0 Å². The van der Waals surface area contributed by atoms with Gasteiger partial charge < -0.3 is 0 Å². The fourth-order valence-electron chi connectivity index (χ4n) is 2.42. The topological polar surface area (TPSA) is 30.7 Å². The predicted octanol–water partition coefficient (Wildman–Crippen LogP) is 3.25. The Morgan fingerprint density at radius 1 is 1.06 bits per heavy atom. The normalized spacial score (nSPS) is 11.1.